The largest absolute Gasteiger partial charge is 0.478 e. The number of aryl methyl sites for hydroxylation is 1. The van der Waals surface area contributed by atoms with Crippen LogP contribution < -0.4 is 5.56 Å². The zero-order chi connectivity index (χ0) is 13.1. The van der Waals surface area contributed by atoms with Gasteiger partial charge in [-0.25, -0.2) is 9.78 Å². The topological polar surface area (TPSA) is 83.0 Å². The van der Waals surface area contributed by atoms with Gasteiger partial charge in [-0.3, -0.25) is 4.79 Å². The van der Waals surface area contributed by atoms with E-state index in [0.29, 0.717) is 15.7 Å². The first kappa shape index (κ1) is 12.4. The summed E-state index contributed by atoms with van der Waals surface area (Å²) in [7, 11) is 0. The van der Waals surface area contributed by atoms with Gasteiger partial charge in [0.05, 0.1) is 5.56 Å². The van der Waals surface area contributed by atoms with Crippen LogP contribution in [0.4, 0.5) is 0 Å². The Kier molecular flexibility index (Phi) is 3.47. The molecule has 0 fully saturated rings. The van der Waals surface area contributed by atoms with Crippen molar-refractivity contribution in [2.45, 2.75) is 17.0 Å². The summed E-state index contributed by atoms with van der Waals surface area (Å²) in [6.07, 6.45) is 0. The lowest BCUT2D eigenvalue weighted by molar-refractivity contribution is 0.0696. The molecule has 0 aliphatic heterocycles. The molecule has 0 radical (unpaired) electrons. The molecular weight excluding hydrogens is 252 g/mol. The van der Waals surface area contributed by atoms with Gasteiger partial charge in [0.2, 0.25) is 0 Å². The van der Waals surface area contributed by atoms with E-state index in [4.69, 9.17) is 5.11 Å². The van der Waals surface area contributed by atoms with E-state index in [1.54, 1.807) is 19.1 Å². The highest BCUT2D eigenvalue weighted by molar-refractivity contribution is 7.99. The number of nitrogens with one attached hydrogen (secondary N) is 1. The fourth-order valence-corrected chi connectivity index (χ4v) is 2.30. The van der Waals surface area contributed by atoms with Crippen molar-refractivity contribution in [3.05, 3.63) is 51.9 Å². The summed E-state index contributed by atoms with van der Waals surface area (Å²) >= 11 is 1.22. The molecule has 0 aliphatic rings. The van der Waals surface area contributed by atoms with E-state index in [1.807, 2.05) is 0 Å². The Morgan fingerprint density at radius 1 is 1.39 bits per heavy atom. The molecule has 1 aromatic heterocycles. The number of H-pyrrole nitrogens is 1. The van der Waals surface area contributed by atoms with Crippen LogP contribution in [0.2, 0.25) is 0 Å². The Balaban J connectivity index is 2.31. The predicted molar refractivity (Wildman–Crippen MR) is 67.1 cm³/mol. The molecule has 0 saturated heterocycles. The minimum Gasteiger partial charge on any atom is -0.478 e. The number of benzene rings is 1. The quantitative estimate of drug-likeness (QED) is 0.826. The van der Waals surface area contributed by atoms with Gasteiger partial charge in [-0.1, -0.05) is 17.8 Å². The zero-order valence-electron chi connectivity index (χ0n) is 9.51. The van der Waals surface area contributed by atoms with Crippen LogP contribution >= 0.6 is 11.8 Å². The Bertz CT molecular complexity index is 652. The van der Waals surface area contributed by atoms with Crippen LogP contribution in [0, 0.1) is 6.92 Å². The van der Waals surface area contributed by atoms with E-state index < -0.39 is 5.97 Å². The van der Waals surface area contributed by atoms with Gasteiger partial charge in [0.25, 0.3) is 5.56 Å². The second kappa shape index (κ2) is 5.05. The molecule has 2 rings (SSSR count). The molecular formula is C12H10N2O3S. The van der Waals surface area contributed by atoms with Crippen molar-refractivity contribution in [1.29, 1.82) is 0 Å². The molecule has 1 heterocycles. The lowest BCUT2D eigenvalue weighted by atomic mass is 10.2. The van der Waals surface area contributed by atoms with Gasteiger partial charge in [0, 0.05) is 16.7 Å². The fraction of sp³-hybridized carbons (Fsp3) is 0.0833. The highest BCUT2D eigenvalue weighted by atomic mass is 32.2. The molecule has 0 amide bonds. The number of carbonyl (C=O) groups is 1. The summed E-state index contributed by atoms with van der Waals surface area (Å²) in [5, 5.41) is 9.33. The molecule has 2 N–H and O–H groups in total. The van der Waals surface area contributed by atoms with Gasteiger partial charge in [0.1, 0.15) is 0 Å². The van der Waals surface area contributed by atoms with Crippen molar-refractivity contribution >= 4 is 17.7 Å². The average Bonchev–Trinajstić information content (AvgIpc) is 2.27. The van der Waals surface area contributed by atoms with Crippen molar-refractivity contribution < 1.29 is 9.90 Å². The SMILES string of the molecule is Cc1cc(=O)[nH]c(Sc2cccc(C(=O)O)c2)n1. The Labute approximate surface area is 107 Å². The number of aromatic nitrogens is 2. The minimum absolute atomic E-state index is 0.204. The smallest absolute Gasteiger partial charge is 0.335 e. The van der Waals surface area contributed by atoms with Crippen LogP contribution in [0.15, 0.2) is 45.2 Å². The number of carboxylic acids is 1. The number of aromatic carboxylic acids is 1. The molecule has 0 atom stereocenters. The highest BCUT2D eigenvalue weighted by Crippen LogP contribution is 2.24. The first-order chi connectivity index (χ1) is 8.54. The monoisotopic (exact) mass is 262 g/mol. The summed E-state index contributed by atoms with van der Waals surface area (Å²) in [4.78, 5) is 29.6. The van der Waals surface area contributed by atoms with E-state index in [1.165, 1.54) is 30.0 Å². The van der Waals surface area contributed by atoms with Crippen LogP contribution in [-0.2, 0) is 0 Å². The van der Waals surface area contributed by atoms with Gasteiger partial charge >= 0.3 is 5.97 Å². The predicted octanol–water partition coefficient (Wildman–Crippen LogP) is 1.93. The van der Waals surface area contributed by atoms with Crippen molar-refractivity contribution in [1.82, 2.24) is 9.97 Å². The molecule has 2 aromatic rings. The summed E-state index contributed by atoms with van der Waals surface area (Å²) in [6, 6.07) is 7.87. The number of carboxylic acid groups (broad SMARTS) is 1. The first-order valence-corrected chi connectivity index (χ1v) is 5.95. The maximum Gasteiger partial charge on any atom is 0.335 e. The summed E-state index contributed by atoms with van der Waals surface area (Å²) in [5.41, 5.74) is 0.602. The molecule has 0 bridgehead atoms. The van der Waals surface area contributed by atoms with Gasteiger partial charge in [-0.05, 0) is 25.1 Å². The summed E-state index contributed by atoms with van der Waals surface area (Å²) < 4.78 is 0. The number of aromatic amines is 1. The number of nitrogens with zero attached hydrogens (tertiary/aromatic N) is 1. The molecule has 1 aromatic carbocycles. The molecule has 18 heavy (non-hydrogen) atoms. The van der Waals surface area contributed by atoms with E-state index in [2.05, 4.69) is 9.97 Å². The average molecular weight is 262 g/mol. The minimum atomic E-state index is -0.983. The third-order valence-corrected chi connectivity index (χ3v) is 3.02. The highest BCUT2D eigenvalue weighted by Gasteiger charge is 2.06. The standard InChI is InChI=1S/C12H10N2O3S/c1-7-5-10(15)14-12(13-7)18-9-4-2-3-8(6-9)11(16)17/h2-6H,1H3,(H,16,17)(H,13,14,15). The van der Waals surface area contributed by atoms with Crippen molar-refractivity contribution in [2.75, 3.05) is 0 Å². The van der Waals surface area contributed by atoms with Crippen molar-refractivity contribution in [3.8, 4) is 0 Å². The lowest BCUT2D eigenvalue weighted by Gasteiger charge is -2.02. The third-order valence-electron chi connectivity index (χ3n) is 2.14. The van der Waals surface area contributed by atoms with Crippen LogP contribution in [0.1, 0.15) is 16.1 Å². The van der Waals surface area contributed by atoms with Gasteiger partial charge in [-0.15, -0.1) is 0 Å². The molecule has 92 valence electrons. The van der Waals surface area contributed by atoms with Crippen LogP contribution in [0.3, 0.4) is 0 Å². The Morgan fingerprint density at radius 3 is 2.83 bits per heavy atom. The van der Waals surface area contributed by atoms with Crippen LogP contribution in [0.25, 0.3) is 0 Å². The second-order valence-corrected chi connectivity index (χ2v) is 4.69. The van der Waals surface area contributed by atoms with Crippen LogP contribution in [-0.4, -0.2) is 21.0 Å². The Hall–Kier alpha value is -2.08. The normalized spacial score (nSPS) is 10.3. The number of hydrogen-bond acceptors (Lipinski definition) is 4. The first-order valence-electron chi connectivity index (χ1n) is 5.14. The second-order valence-electron chi connectivity index (χ2n) is 3.63. The van der Waals surface area contributed by atoms with Gasteiger partial charge in [-0.2, -0.15) is 0 Å². The van der Waals surface area contributed by atoms with E-state index >= 15 is 0 Å². The van der Waals surface area contributed by atoms with Gasteiger partial charge in [0.15, 0.2) is 5.16 Å². The summed E-state index contributed by atoms with van der Waals surface area (Å²) in [6.45, 7) is 1.73. The Morgan fingerprint density at radius 2 is 2.17 bits per heavy atom. The van der Waals surface area contributed by atoms with Crippen molar-refractivity contribution in [2.24, 2.45) is 0 Å². The number of hydrogen-bond donors (Lipinski definition) is 2. The van der Waals surface area contributed by atoms with Crippen LogP contribution in [0.5, 0.6) is 0 Å². The van der Waals surface area contributed by atoms with E-state index in [0.717, 1.165) is 0 Å². The lowest BCUT2D eigenvalue weighted by Crippen LogP contribution is -2.07. The molecule has 0 unspecified atom stereocenters. The maximum atomic E-state index is 11.3. The zero-order valence-corrected chi connectivity index (χ0v) is 10.3. The van der Waals surface area contributed by atoms with Gasteiger partial charge < -0.3 is 10.1 Å². The third kappa shape index (κ3) is 2.98. The molecule has 6 heteroatoms. The van der Waals surface area contributed by atoms with Crippen molar-refractivity contribution in [3.63, 3.8) is 0 Å². The molecule has 0 saturated carbocycles. The molecule has 5 nitrogen and oxygen atoms in total. The summed E-state index contributed by atoms with van der Waals surface area (Å²) in [5.74, 6) is -0.983. The molecule has 0 spiro atoms. The number of rotatable bonds is 3. The maximum absolute atomic E-state index is 11.3. The van der Waals surface area contributed by atoms with E-state index in [-0.39, 0.29) is 11.1 Å². The van der Waals surface area contributed by atoms with E-state index in [9.17, 15) is 9.59 Å². The fourth-order valence-electron chi connectivity index (χ4n) is 1.40. The molecule has 0 aliphatic carbocycles.